The summed E-state index contributed by atoms with van der Waals surface area (Å²) in [4.78, 5) is 12.6. The molecule has 1 saturated carbocycles. The van der Waals surface area contributed by atoms with E-state index in [1.54, 1.807) is 12.1 Å². The lowest BCUT2D eigenvalue weighted by atomic mass is 10.2. The van der Waals surface area contributed by atoms with Crippen molar-refractivity contribution in [3.05, 3.63) is 33.9 Å². The summed E-state index contributed by atoms with van der Waals surface area (Å²) in [7, 11) is 1.90. The number of hydrogen-bond donors (Lipinski definition) is 0. The molecule has 4 nitrogen and oxygen atoms in total. The first-order valence-corrected chi connectivity index (χ1v) is 5.73. The molecule has 16 heavy (non-hydrogen) atoms. The number of anilines is 1. The molecule has 0 spiro atoms. The summed E-state index contributed by atoms with van der Waals surface area (Å²) in [5, 5.41) is 11.0. The standard InChI is InChI=1S/C11H13ClN2O2/c1-13(9-3-4-9)10-5-2-8(7-12)6-11(10)14(15)16/h2,5-6,9H,3-4,7H2,1H3. The highest BCUT2D eigenvalue weighted by Gasteiger charge is 2.30. The van der Waals surface area contributed by atoms with Gasteiger partial charge >= 0.3 is 0 Å². The van der Waals surface area contributed by atoms with Gasteiger partial charge in [0.05, 0.1) is 4.92 Å². The van der Waals surface area contributed by atoms with E-state index in [0.29, 0.717) is 17.6 Å². The maximum Gasteiger partial charge on any atom is 0.292 e. The molecule has 86 valence electrons. The van der Waals surface area contributed by atoms with Crippen molar-refractivity contribution in [1.82, 2.24) is 0 Å². The minimum atomic E-state index is -0.343. The molecular weight excluding hydrogens is 228 g/mol. The second-order valence-corrected chi connectivity index (χ2v) is 4.32. The predicted octanol–water partition coefficient (Wildman–Crippen LogP) is 2.93. The number of nitrogens with zero attached hydrogens (tertiary/aromatic N) is 2. The van der Waals surface area contributed by atoms with Gasteiger partial charge < -0.3 is 4.90 Å². The Balaban J connectivity index is 2.38. The van der Waals surface area contributed by atoms with Crippen LogP contribution in [0.15, 0.2) is 18.2 Å². The number of benzene rings is 1. The quantitative estimate of drug-likeness (QED) is 0.462. The molecule has 2 rings (SSSR count). The summed E-state index contributed by atoms with van der Waals surface area (Å²) in [6.45, 7) is 0. The van der Waals surface area contributed by atoms with E-state index in [1.807, 2.05) is 18.0 Å². The highest BCUT2D eigenvalue weighted by molar-refractivity contribution is 6.17. The fraction of sp³-hybridized carbons (Fsp3) is 0.455. The number of hydrogen-bond acceptors (Lipinski definition) is 3. The summed E-state index contributed by atoms with van der Waals surface area (Å²) in [6.07, 6.45) is 2.23. The molecule has 0 bridgehead atoms. The maximum absolute atomic E-state index is 11.0. The van der Waals surface area contributed by atoms with E-state index in [2.05, 4.69) is 0 Å². The van der Waals surface area contributed by atoms with Crippen molar-refractivity contribution in [2.45, 2.75) is 24.8 Å². The van der Waals surface area contributed by atoms with Gasteiger partial charge in [-0.2, -0.15) is 0 Å². The number of rotatable bonds is 4. The molecule has 0 aliphatic heterocycles. The van der Waals surface area contributed by atoms with Crippen LogP contribution in [0.3, 0.4) is 0 Å². The SMILES string of the molecule is CN(c1ccc(CCl)cc1[N+](=O)[O-])C1CC1. The van der Waals surface area contributed by atoms with Gasteiger partial charge in [-0.3, -0.25) is 10.1 Å². The van der Waals surface area contributed by atoms with Gasteiger partial charge in [-0.25, -0.2) is 0 Å². The second-order valence-electron chi connectivity index (χ2n) is 4.06. The molecule has 0 heterocycles. The molecule has 1 fully saturated rings. The molecule has 0 atom stereocenters. The molecule has 5 heteroatoms. The molecular formula is C11H13ClN2O2. The van der Waals surface area contributed by atoms with Gasteiger partial charge in [0.15, 0.2) is 0 Å². The Hall–Kier alpha value is -1.29. The van der Waals surface area contributed by atoms with Crippen LogP contribution in [0.25, 0.3) is 0 Å². The highest BCUT2D eigenvalue weighted by Crippen LogP contribution is 2.36. The zero-order chi connectivity index (χ0) is 11.7. The highest BCUT2D eigenvalue weighted by atomic mass is 35.5. The molecule has 0 unspecified atom stereocenters. The summed E-state index contributed by atoms with van der Waals surface area (Å²) < 4.78 is 0. The van der Waals surface area contributed by atoms with E-state index in [1.165, 1.54) is 0 Å². The zero-order valence-corrected chi connectivity index (χ0v) is 9.78. The summed E-state index contributed by atoms with van der Waals surface area (Å²) in [5.74, 6) is 0.300. The van der Waals surface area contributed by atoms with Crippen LogP contribution in [0.2, 0.25) is 0 Å². The average Bonchev–Trinajstić information content (AvgIpc) is 3.11. The van der Waals surface area contributed by atoms with Crippen LogP contribution in [0, 0.1) is 10.1 Å². The molecule has 1 aromatic carbocycles. The number of nitro benzene ring substituents is 1. The van der Waals surface area contributed by atoms with E-state index < -0.39 is 0 Å². The second kappa shape index (κ2) is 4.29. The molecule has 1 aliphatic carbocycles. The lowest BCUT2D eigenvalue weighted by Crippen LogP contribution is -2.20. The van der Waals surface area contributed by atoms with Gasteiger partial charge in [-0.05, 0) is 24.5 Å². The van der Waals surface area contributed by atoms with Gasteiger partial charge in [0.1, 0.15) is 5.69 Å². The maximum atomic E-state index is 11.0. The smallest absolute Gasteiger partial charge is 0.292 e. The van der Waals surface area contributed by atoms with E-state index >= 15 is 0 Å². The van der Waals surface area contributed by atoms with Crippen LogP contribution in [-0.2, 0) is 5.88 Å². The first kappa shape index (κ1) is 11.2. The normalized spacial score (nSPS) is 14.9. The Morgan fingerprint density at radius 2 is 2.25 bits per heavy atom. The third kappa shape index (κ3) is 2.11. The van der Waals surface area contributed by atoms with Crippen molar-refractivity contribution in [3.8, 4) is 0 Å². The number of halogens is 1. The predicted molar refractivity (Wildman–Crippen MR) is 64.1 cm³/mol. The van der Waals surface area contributed by atoms with Crippen LogP contribution in [0.1, 0.15) is 18.4 Å². The van der Waals surface area contributed by atoms with Gasteiger partial charge in [-0.15, -0.1) is 11.6 Å². The van der Waals surface area contributed by atoms with Gasteiger partial charge in [-0.1, -0.05) is 6.07 Å². The van der Waals surface area contributed by atoms with Crippen molar-refractivity contribution < 1.29 is 4.92 Å². The summed E-state index contributed by atoms with van der Waals surface area (Å²) in [5.41, 5.74) is 1.61. The molecule has 0 amide bonds. The number of nitro groups is 1. The minimum absolute atomic E-state index is 0.146. The summed E-state index contributed by atoms with van der Waals surface area (Å²) >= 11 is 5.67. The van der Waals surface area contributed by atoms with Crippen molar-refractivity contribution in [2.24, 2.45) is 0 Å². The van der Waals surface area contributed by atoms with E-state index in [4.69, 9.17) is 11.6 Å². The Morgan fingerprint density at radius 3 is 2.75 bits per heavy atom. The third-order valence-corrected chi connectivity index (χ3v) is 3.17. The lowest BCUT2D eigenvalue weighted by molar-refractivity contribution is -0.384. The summed E-state index contributed by atoms with van der Waals surface area (Å²) in [6, 6.07) is 5.64. The van der Waals surface area contributed by atoms with Crippen molar-refractivity contribution in [3.63, 3.8) is 0 Å². The van der Waals surface area contributed by atoms with Crippen LogP contribution in [0.4, 0.5) is 11.4 Å². The van der Waals surface area contributed by atoms with Crippen LogP contribution in [-0.4, -0.2) is 18.0 Å². The van der Waals surface area contributed by atoms with Gasteiger partial charge in [0.2, 0.25) is 0 Å². The Bertz CT molecular complexity index is 418. The zero-order valence-electron chi connectivity index (χ0n) is 9.02. The van der Waals surface area contributed by atoms with Crippen molar-refractivity contribution >= 4 is 23.0 Å². The molecule has 0 radical (unpaired) electrons. The van der Waals surface area contributed by atoms with Crippen LogP contribution >= 0.6 is 11.6 Å². The van der Waals surface area contributed by atoms with Gasteiger partial charge in [0, 0.05) is 25.0 Å². The largest absolute Gasteiger partial charge is 0.366 e. The lowest BCUT2D eigenvalue weighted by Gasteiger charge is -2.18. The Labute approximate surface area is 99.0 Å². The molecule has 0 saturated heterocycles. The average molecular weight is 241 g/mol. The first-order valence-electron chi connectivity index (χ1n) is 5.19. The van der Waals surface area contributed by atoms with E-state index in [-0.39, 0.29) is 10.6 Å². The first-order chi connectivity index (χ1) is 7.63. The fourth-order valence-electron chi connectivity index (χ4n) is 1.76. The van der Waals surface area contributed by atoms with Crippen molar-refractivity contribution in [1.29, 1.82) is 0 Å². The van der Waals surface area contributed by atoms with E-state index in [0.717, 1.165) is 18.4 Å². The Morgan fingerprint density at radius 1 is 1.56 bits per heavy atom. The molecule has 1 aromatic rings. The molecule has 0 N–H and O–H groups in total. The van der Waals surface area contributed by atoms with Crippen LogP contribution < -0.4 is 4.90 Å². The third-order valence-electron chi connectivity index (χ3n) is 2.87. The molecule has 0 aromatic heterocycles. The topological polar surface area (TPSA) is 46.4 Å². The van der Waals surface area contributed by atoms with E-state index in [9.17, 15) is 10.1 Å². The molecule has 1 aliphatic rings. The fourth-order valence-corrected chi connectivity index (χ4v) is 1.92. The van der Waals surface area contributed by atoms with Crippen LogP contribution in [0.5, 0.6) is 0 Å². The minimum Gasteiger partial charge on any atom is -0.366 e. The monoisotopic (exact) mass is 240 g/mol. The van der Waals surface area contributed by atoms with Gasteiger partial charge in [0.25, 0.3) is 5.69 Å². The Kier molecular flexibility index (Phi) is 3.01. The van der Waals surface area contributed by atoms with Crippen molar-refractivity contribution in [2.75, 3.05) is 11.9 Å². The number of alkyl halides is 1.